The van der Waals surface area contributed by atoms with Crippen LogP contribution in [0.25, 0.3) is 0 Å². The van der Waals surface area contributed by atoms with E-state index in [1.54, 1.807) is 0 Å². The smallest absolute Gasteiger partial charge is 0.231 e. The van der Waals surface area contributed by atoms with E-state index in [9.17, 15) is 10.2 Å². The number of halogens is 2. The standard InChI is InChI=1S/C22H24Cl2O6/c23-17-6-13(8-19-21(17)29-11-27-19)4-15(2-1-3-25)16(10-26)5-14-7-18(24)22-20(9-14)28-12-30-22/h6-9,15-16,25-26H,1-5,10-12H2/t15-,16+/m1/s1. The van der Waals surface area contributed by atoms with Crippen molar-refractivity contribution < 1.29 is 29.2 Å². The van der Waals surface area contributed by atoms with Crippen molar-refractivity contribution in [3.63, 3.8) is 0 Å². The molecule has 2 heterocycles. The second-order valence-electron chi connectivity index (χ2n) is 7.60. The lowest BCUT2D eigenvalue weighted by atomic mass is 9.80. The molecule has 0 amide bonds. The third kappa shape index (κ3) is 4.57. The number of hydrogen-bond donors (Lipinski definition) is 2. The molecule has 2 aliphatic heterocycles. The van der Waals surface area contributed by atoms with Gasteiger partial charge in [-0.05, 0) is 72.9 Å². The van der Waals surface area contributed by atoms with Gasteiger partial charge in [0, 0.05) is 13.2 Å². The first-order chi connectivity index (χ1) is 14.6. The van der Waals surface area contributed by atoms with Gasteiger partial charge in [0.1, 0.15) is 0 Å². The largest absolute Gasteiger partial charge is 0.454 e. The van der Waals surface area contributed by atoms with Crippen molar-refractivity contribution in [2.75, 3.05) is 26.8 Å². The Labute approximate surface area is 185 Å². The molecule has 0 spiro atoms. The maximum atomic E-state index is 10.2. The Morgan fingerprint density at radius 2 is 1.30 bits per heavy atom. The van der Waals surface area contributed by atoms with Gasteiger partial charge in [-0.3, -0.25) is 0 Å². The summed E-state index contributed by atoms with van der Waals surface area (Å²) >= 11 is 12.7. The van der Waals surface area contributed by atoms with Gasteiger partial charge in [0.05, 0.1) is 10.0 Å². The van der Waals surface area contributed by atoms with Crippen LogP contribution in [-0.4, -0.2) is 37.0 Å². The molecule has 2 aromatic carbocycles. The first kappa shape index (κ1) is 21.4. The number of aliphatic hydroxyl groups excluding tert-OH is 2. The van der Waals surface area contributed by atoms with Gasteiger partial charge in [-0.1, -0.05) is 23.2 Å². The summed E-state index contributed by atoms with van der Waals surface area (Å²) in [5.41, 5.74) is 1.98. The summed E-state index contributed by atoms with van der Waals surface area (Å²) in [5, 5.41) is 20.6. The van der Waals surface area contributed by atoms with E-state index in [0.717, 1.165) is 17.5 Å². The third-order valence-electron chi connectivity index (χ3n) is 5.60. The SMILES string of the molecule is OCCC[C@H](Cc1cc(Cl)c2c(c1)OCO2)[C@H](CO)Cc1cc(Cl)c2c(c1)OCO2. The van der Waals surface area contributed by atoms with E-state index in [4.69, 9.17) is 42.1 Å². The number of benzene rings is 2. The van der Waals surface area contributed by atoms with Crippen LogP contribution in [0.5, 0.6) is 23.0 Å². The maximum absolute atomic E-state index is 10.2. The van der Waals surface area contributed by atoms with Crippen molar-refractivity contribution in [1.29, 1.82) is 0 Å². The topological polar surface area (TPSA) is 77.4 Å². The first-order valence-electron chi connectivity index (χ1n) is 9.96. The van der Waals surface area contributed by atoms with Crippen LogP contribution in [0, 0.1) is 11.8 Å². The lowest BCUT2D eigenvalue weighted by Crippen LogP contribution is -2.23. The summed E-state index contributed by atoms with van der Waals surface area (Å²) in [7, 11) is 0. The zero-order chi connectivity index (χ0) is 21.1. The van der Waals surface area contributed by atoms with Gasteiger partial charge < -0.3 is 29.2 Å². The Morgan fingerprint density at radius 1 is 0.767 bits per heavy atom. The average molecular weight is 455 g/mol. The summed E-state index contributed by atoms with van der Waals surface area (Å²) in [6, 6.07) is 7.59. The third-order valence-corrected chi connectivity index (χ3v) is 6.17. The van der Waals surface area contributed by atoms with Crippen LogP contribution in [0.15, 0.2) is 24.3 Å². The molecule has 0 saturated carbocycles. The highest BCUT2D eigenvalue weighted by Gasteiger charge is 2.26. The molecule has 0 radical (unpaired) electrons. The highest BCUT2D eigenvalue weighted by Crippen LogP contribution is 2.42. The summed E-state index contributed by atoms with van der Waals surface area (Å²) in [5.74, 6) is 2.50. The zero-order valence-corrected chi connectivity index (χ0v) is 17.9. The Bertz CT molecular complexity index is 904. The lowest BCUT2D eigenvalue weighted by molar-refractivity contribution is 0.158. The van der Waals surface area contributed by atoms with Gasteiger partial charge in [0.25, 0.3) is 0 Å². The number of fused-ring (bicyclic) bond motifs is 2. The molecule has 30 heavy (non-hydrogen) atoms. The summed E-state index contributed by atoms with van der Waals surface area (Å²) in [4.78, 5) is 0. The first-order valence-corrected chi connectivity index (χ1v) is 10.7. The molecule has 4 rings (SSSR count). The summed E-state index contributed by atoms with van der Waals surface area (Å²) in [6.07, 6.45) is 2.74. The Kier molecular flexibility index (Phi) is 6.78. The molecule has 0 aliphatic carbocycles. The molecule has 0 bridgehead atoms. The summed E-state index contributed by atoms with van der Waals surface area (Å²) in [6.45, 7) is 0.440. The van der Waals surface area contributed by atoms with E-state index in [1.807, 2.05) is 24.3 Å². The molecule has 0 fully saturated rings. The lowest BCUT2D eigenvalue weighted by Gasteiger charge is -2.26. The minimum Gasteiger partial charge on any atom is -0.454 e. The fourth-order valence-corrected chi connectivity index (χ4v) is 4.70. The molecule has 6 nitrogen and oxygen atoms in total. The monoisotopic (exact) mass is 454 g/mol. The molecule has 2 aliphatic rings. The average Bonchev–Trinajstić information content (AvgIpc) is 3.39. The minimum absolute atomic E-state index is 0.0143. The van der Waals surface area contributed by atoms with E-state index in [0.29, 0.717) is 52.3 Å². The van der Waals surface area contributed by atoms with E-state index in [-0.39, 0.29) is 38.6 Å². The van der Waals surface area contributed by atoms with Crippen molar-refractivity contribution in [3.05, 3.63) is 45.4 Å². The maximum Gasteiger partial charge on any atom is 0.231 e. The highest BCUT2D eigenvalue weighted by molar-refractivity contribution is 6.32. The molecule has 2 aromatic rings. The molecule has 162 valence electrons. The van der Waals surface area contributed by atoms with Crippen LogP contribution < -0.4 is 18.9 Å². The summed E-state index contributed by atoms with van der Waals surface area (Å²) < 4.78 is 21.7. The zero-order valence-electron chi connectivity index (χ0n) is 16.4. The number of ether oxygens (including phenoxy) is 4. The fraction of sp³-hybridized carbons (Fsp3) is 0.455. The molecule has 0 saturated heterocycles. The van der Waals surface area contributed by atoms with E-state index < -0.39 is 0 Å². The molecule has 2 atom stereocenters. The van der Waals surface area contributed by atoms with Crippen molar-refractivity contribution >= 4 is 23.2 Å². The predicted molar refractivity (Wildman–Crippen MR) is 113 cm³/mol. The molecule has 0 unspecified atom stereocenters. The molecule has 2 N–H and O–H groups in total. The van der Waals surface area contributed by atoms with E-state index in [1.165, 1.54) is 0 Å². The number of hydrogen-bond acceptors (Lipinski definition) is 6. The molecule has 8 heteroatoms. The fourth-order valence-electron chi connectivity index (χ4n) is 4.12. The van der Waals surface area contributed by atoms with Crippen LogP contribution in [0.4, 0.5) is 0 Å². The van der Waals surface area contributed by atoms with Gasteiger partial charge >= 0.3 is 0 Å². The van der Waals surface area contributed by atoms with Crippen molar-refractivity contribution in [2.24, 2.45) is 11.8 Å². The van der Waals surface area contributed by atoms with Crippen LogP contribution in [0.1, 0.15) is 24.0 Å². The highest BCUT2D eigenvalue weighted by atomic mass is 35.5. The van der Waals surface area contributed by atoms with Gasteiger partial charge in [-0.15, -0.1) is 0 Å². The molecular weight excluding hydrogens is 431 g/mol. The van der Waals surface area contributed by atoms with E-state index in [2.05, 4.69) is 0 Å². The molecular formula is C22H24Cl2O6. The Hall–Kier alpha value is -1.86. The second kappa shape index (κ2) is 9.52. The van der Waals surface area contributed by atoms with Crippen LogP contribution in [0.3, 0.4) is 0 Å². The van der Waals surface area contributed by atoms with E-state index >= 15 is 0 Å². The van der Waals surface area contributed by atoms with Crippen molar-refractivity contribution in [2.45, 2.75) is 25.7 Å². The van der Waals surface area contributed by atoms with Gasteiger partial charge in [-0.2, -0.15) is 0 Å². The van der Waals surface area contributed by atoms with Crippen LogP contribution in [0.2, 0.25) is 10.0 Å². The van der Waals surface area contributed by atoms with Crippen molar-refractivity contribution in [1.82, 2.24) is 0 Å². The minimum atomic E-state index is -0.0304. The molecule has 0 aromatic heterocycles. The predicted octanol–water partition coefficient (Wildman–Crippen LogP) is 4.23. The van der Waals surface area contributed by atoms with Crippen LogP contribution >= 0.6 is 23.2 Å². The van der Waals surface area contributed by atoms with Crippen molar-refractivity contribution in [3.8, 4) is 23.0 Å². The Morgan fingerprint density at radius 3 is 1.80 bits per heavy atom. The van der Waals surface area contributed by atoms with Gasteiger partial charge in [0.15, 0.2) is 23.0 Å². The number of rotatable bonds is 9. The van der Waals surface area contributed by atoms with Gasteiger partial charge in [0.2, 0.25) is 13.6 Å². The number of aliphatic hydroxyl groups is 2. The Balaban J connectivity index is 1.54. The quantitative estimate of drug-likeness (QED) is 0.590. The normalized spacial score (nSPS) is 16.0. The van der Waals surface area contributed by atoms with Gasteiger partial charge in [-0.25, -0.2) is 0 Å². The second-order valence-corrected chi connectivity index (χ2v) is 8.41. The van der Waals surface area contributed by atoms with Crippen LogP contribution in [-0.2, 0) is 12.8 Å².